The number of carbonyl (C=O) groups excluding carboxylic acids is 2. The Bertz CT molecular complexity index is 694. The Kier molecular flexibility index (Phi) is 27.2. The van der Waals surface area contributed by atoms with Gasteiger partial charge in [0, 0.05) is 12.8 Å². The summed E-state index contributed by atoms with van der Waals surface area (Å²) in [7, 11) is 0. The van der Waals surface area contributed by atoms with Gasteiger partial charge in [0.1, 0.15) is 19.3 Å². The summed E-state index contributed by atoms with van der Waals surface area (Å²) in [4.78, 5) is 23.6. The number of rotatable bonds is 26. The standard InChI is InChI=1S/C33H56O6/c1-3-5-7-9-13-18-22-26-32(36)38-28-31(35)29-39-33(37)27-23-19-15-12-11-14-17-21-25-30(34)24-20-16-10-8-6-4-2/h12,14-17,20-21,25,30-31,34-35H,3-11,13,18-19,22-24,26-29H2,1-2H3/b15-12-,17-14-,20-16-,25-21+/t30-,31+/m1/s1. The summed E-state index contributed by atoms with van der Waals surface area (Å²) in [6, 6.07) is 0. The van der Waals surface area contributed by atoms with Gasteiger partial charge in [-0.3, -0.25) is 9.59 Å². The van der Waals surface area contributed by atoms with Gasteiger partial charge in [0.05, 0.1) is 6.10 Å². The molecule has 0 saturated carbocycles. The largest absolute Gasteiger partial charge is 0.463 e. The van der Waals surface area contributed by atoms with E-state index < -0.39 is 12.2 Å². The first-order valence-corrected chi connectivity index (χ1v) is 15.3. The molecule has 0 aromatic heterocycles. The lowest BCUT2D eigenvalue weighted by Gasteiger charge is -2.12. The summed E-state index contributed by atoms with van der Waals surface area (Å²) < 4.78 is 10.1. The summed E-state index contributed by atoms with van der Waals surface area (Å²) in [6.07, 6.45) is 30.6. The van der Waals surface area contributed by atoms with Crippen LogP contribution in [0, 0.1) is 0 Å². The molecule has 0 fully saturated rings. The molecule has 0 aliphatic rings. The number of esters is 2. The van der Waals surface area contributed by atoms with Crippen LogP contribution in [0.4, 0.5) is 0 Å². The first-order valence-electron chi connectivity index (χ1n) is 15.3. The van der Waals surface area contributed by atoms with Gasteiger partial charge in [-0.2, -0.15) is 0 Å². The van der Waals surface area contributed by atoms with Crippen LogP contribution in [0.2, 0.25) is 0 Å². The van der Waals surface area contributed by atoms with Crippen molar-refractivity contribution in [3.05, 3.63) is 48.6 Å². The first-order chi connectivity index (χ1) is 19.0. The molecule has 0 saturated heterocycles. The summed E-state index contributed by atoms with van der Waals surface area (Å²) in [5.41, 5.74) is 0. The van der Waals surface area contributed by atoms with Crippen LogP contribution < -0.4 is 0 Å². The zero-order chi connectivity index (χ0) is 28.8. The molecular weight excluding hydrogens is 492 g/mol. The SMILES string of the molecule is CCCCC/C=C\C[C@@H](O)/C=C/C=C\C/C=C\CCCC(=O)OC[C@@H](O)COC(=O)CCCCCCCCC. The second kappa shape index (κ2) is 28.8. The summed E-state index contributed by atoms with van der Waals surface area (Å²) in [5, 5.41) is 19.8. The van der Waals surface area contributed by atoms with Crippen molar-refractivity contribution in [2.24, 2.45) is 0 Å². The van der Waals surface area contributed by atoms with Crippen molar-refractivity contribution in [3.63, 3.8) is 0 Å². The van der Waals surface area contributed by atoms with Crippen molar-refractivity contribution in [2.75, 3.05) is 13.2 Å². The highest BCUT2D eigenvalue weighted by atomic mass is 16.6. The van der Waals surface area contributed by atoms with Gasteiger partial charge in [-0.05, 0) is 44.9 Å². The number of hydrogen-bond acceptors (Lipinski definition) is 6. The molecule has 2 atom stereocenters. The molecule has 0 spiro atoms. The number of aliphatic hydroxyl groups excluding tert-OH is 2. The van der Waals surface area contributed by atoms with Crippen molar-refractivity contribution in [2.45, 2.75) is 135 Å². The average molecular weight is 549 g/mol. The van der Waals surface area contributed by atoms with E-state index in [1.54, 1.807) is 6.08 Å². The Hall–Kier alpha value is -2.18. The van der Waals surface area contributed by atoms with Crippen LogP contribution in [-0.4, -0.2) is 47.6 Å². The van der Waals surface area contributed by atoms with Crippen LogP contribution >= 0.6 is 0 Å². The third kappa shape index (κ3) is 28.6. The lowest BCUT2D eigenvalue weighted by molar-refractivity contribution is -0.152. The van der Waals surface area contributed by atoms with Crippen LogP contribution in [0.1, 0.15) is 123 Å². The number of aliphatic hydroxyl groups is 2. The average Bonchev–Trinajstić information content (AvgIpc) is 2.93. The van der Waals surface area contributed by atoms with Gasteiger partial charge in [-0.1, -0.05) is 114 Å². The lowest BCUT2D eigenvalue weighted by Crippen LogP contribution is -2.25. The summed E-state index contributed by atoms with van der Waals surface area (Å²) in [5.74, 6) is -0.679. The Morgan fingerprint density at radius 2 is 1.21 bits per heavy atom. The molecule has 0 amide bonds. The molecule has 6 heteroatoms. The maximum Gasteiger partial charge on any atom is 0.305 e. The predicted molar refractivity (Wildman–Crippen MR) is 160 cm³/mol. The van der Waals surface area contributed by atoms with E-state index in [0.29, 0.717) is 19.3 Å². The van der Waals surface area contributed by atoms with Crippen LogP contribution in [0.25, 0.3) is 0 Å². The van der Waals surface area contributed by atoms with Crippen molar-refractivity contribution >= 4 is 11.9 Å². The molecule has 2 N–H and O–H groups in total. The van der Waals surface area contributed by atoms with E-state index in [9.17, 15) is 19.8 Å². The molecule has 0 aromatic carbocycles. The van der Waals surface area contributed by atoms with E-state index in [4.69, 9.17) is 9.47 Å². The zero-order valence-electron chi connectivity index (χ0n) is 24.7. The molecule has 0 aromatic rings. The van der Waals surface area contributed by atoms with Crippen LogP contribution in [0.3, 0.4) is 0 Å². The third-order valence-corrected chi connectivity index (χ3v) is 6.15. The van der Waals surface area contributed by atoms with E-state index in [1.807, 2.05) is 36.5 Å². The van der Waals surface area contributed by atoms with Gasteiger partial charge < -0.3 is 19.7 Å². The minimum Gasteiger partial charge on any atom is -0.463 e. The minimum atomic E-state index is -0.999. The molecule has 224 valence electrons. The molecular formula is C33H56O6. The fraction of sp³-hybridized carbons (Fsp3) is 0.697. The van der Waals surface area contributed by atoms with E-state index in [2.05, 4.69) is 19.9 Å². The summed E-state index contributed by atoms with van der Waals surface area (Å²) in [6.45, 7) is 4.07. The molecule has 0 heterocycles. The zero-order valence-corrected chi connectivity index (χ0v) is 24.7. The Morgan fingerprint density at radius 1 is 0.641 bits per heavy atom. The summed E-state index contributed by atoms with van der Waals surface area (Å²) >= 11 is 0. The molecule has 6 nitrogen and oxygen atoms in total. The molecule has 0 unspecified atom stereocenters. The molecule has 0 radical (unpaired) electrons. The van der Waals surface area contributed by atoms with Crippen molar-refractivity contribution < 1.29 is 29.3 Å². The quantitative estimate of drug-likeness (QED) is 0.0498. The second-order valence-electron chi connectivity index (χ2n) is 10.1. The van der Waals surface area contributed by atoms with Gasteiger partial charge >= 0.3 is 11.9 Å². The third-order valence-electron chi connectivity index (χ3n) is 6.15. The van der Waals surface area contributed by atoms with E-state index in [-0.39, 0.29) is 31.6 Å². The van der Waals surface area contributed by atoms with Gasteiger partial charge in [-0.25, -0.2) is 0 Å². The fourth-order valence-electron chi connectivity index (χ4n) is 3.75. The molecule has 0 rings (SSSR count). The van der Waals surface area contributed by atoms with E-state index >= 15 is 0 Å². The monoisotopic (exact) mass is 548 g/mol. The normalized spacial score (nSPS) is 13.6. The van der Waals surface area contributed by atoms with Gasteiger partial charge in [0.2, 0.25) is 0 Å². The Morgan fingerprint density at radius 3 is 1.90 bits per heavy atom. The van der Waals surface area contributed by atoms with Crippen LogP contribution in [0.5, 0.6) is 0 Å². The highest BCUT2D eigenvalue weighted by Gasteiger charge is 2.11. The van der Waals surface area contributed by atoms with Crippen molar-refractivity contribution in [1.29, 1.82) is 0 Å². The number of unbranched alkanes of at least 4 members (excludes halogenated alkanes) is 10. The van der Waals surface area contributed by atoms with Crippen LogP contribution in [0.15, 0.2) is 48.6 Å². The van der Waals surface area contributed by atoms with Crippen molar-refractivity contribution in [1.82, 2.24) is 0 Å². The van der Waals surface area contributed by atoms with Crippen molar-refractivity contribution in [3.8, 4) is 0 Å². The van der Waals surface area contributed by atoms with Gasteiger partial charge in [-0.15, -0.1) is 0 Å². The number of hydrogen-bond donors (Lipinski definition) is 2. The fourth-order valence-corrected chi connectivity index (χ4v) is 3.75. The maximum absolute atomic E-state index is 11.8. The van der Waals surface area contributed by atoms with E-state index in [0.717, 1.165) is 38.5 Å². The Labute approximate surface area is 238 Å². The first kappa shape index (κ1) is 36.8. The molecule has 0 aliphatic heterocycles. The highest BCUT2D eigenvalue weighted by molar-refractivity contribution is 5.69. The number of allylic oxidation sites excluding steroid dienone is 6. The van der Waals surface area contributed by atoms with Gasteiger partial charge in [0.15, 0.2) is 0 Å². The number of ether oxygens (including phenoxy) is 2. The van der Waals surface area contributed by atoms with Crippen LogP contribution in [-0.2, 0) is 19.1 Å². The lowest BCUT2D eigenvalue weighted by atomic mass is 10.1. The molecule has 0 bridgehead atoms. The molecule has 0 aliphatic carbocycles. The second-order valence-corrected chi connectivity index (χ2v) is 10.1. The highest BCUT2D eigenvalue weighted by Crippen LogP contribution is 2.09. The predicted octanol–water partition coefficient (Wildman–Crippen LogP) is 7.69. The Balaban J connectivity index is 3.70. The topological polar surface area (TPSA) is 93.1 Å². The minimum absolute atomic E-state index is 0.150. The number of carbonyl (C=O) groups is 2. The van der Waals surface area contributed by atoms with E-state index in [1.165, 1.54) is 44.9 Å². The maximum atomic E-state index is 11.8. The van der Waals surface area contributed by atoms with Gasteiger partial charge in [0.25, 0.3) is 0 Å². The smallest absolute Gasteiger partial charge is 0.305 e. The molecule has 39 heavy (non-hydrogen) atoms.